The summed E-state index contributed by atoms with van der Waals surface area (Å²) in [6.07, 6.45) is 13.6. The van der Waals surface area contributed by atoms with Crippen molar-refractivity contribution in [2.45, 2.75) is 0 Å². The number of rotatable bonds is 10. The van der Waals surface area contributed by atoms with E-state index in [1.165, 1.54) is 76.8 Å². The molecule has 0 spiro atoms. The fourth-order valence-electron chi connectivity index (χ4n) is 8.54. The van der Waals surface area contributed by atoms with E-state index in [1.807, 2.05) is 0 Å². The van der Waals surface area contributed by atoms with Crippen LogP contribution in [-0.4, -0.2) is 0 Å². The normalized spacial score (nSPS) is 12.3. The summed E-state index contributed by atoms with van der Waals surface area (Å²) in [4.78, 5) is 0. The number of hydrogen-bond acceptors (Lipinski definition) is 0. The van der Waals surface area contributed by atoms with E-state index < -0.39 is 0 Å². The minimum absolute atomic E-state index is 1.15. The van der Waals surface area contributed by atoms with Crippen molar-refractivity contribution in [2.75, 3.05) is 0 Å². The highest BCUT2D eigenvalue weighted by atomic mass is 14.2. The molecule has 0 heteroatoms. The van der Waals surface area contributed by atoms with Crippen molar-refractivity contribution in [3.63, 3.8) is 0 Å². The van der Waals surface area contributed by atoms with Gasteiger partial charge in [-0.25, -0.2) is 0 Å². The van der Waals surface area contributed by atoms with Crippen LogP contribution in [0.3, 0.4) is 0 Å². The molecule has 0 unspecified atom stereocenters. The Balaban J connectivity index is 0.939. The Morgan fingerprint density at radius 1 is 0.258 bits per heavy atom. The van der Waals surface area contributed by atoms with Crippen molar-refractivity contribution >= 4 is 79.9 Å². The molecule has 10 rings (SSSR count). The summed E-state index contributed by atoms with van der Waals surface area (Å²) in [7, 11) is 0. The Morgan fingerprint density at radius 2 is 0.645 bits per heavy atom. The van der Waals surface area contributed by atoms with Gasteiger partial charge >= 0.3 is 0 Å². The van der Waals surface area contributed by atoms with Crippen LogP contribution in [-0.2, 0) is 0 Å². The van der Waals surface area contributed by atoms with Crippen LogP contribution in [0.15, 0.2) is 231 Å². The van der Waals surface area contributed by atoms with Gasteiger partial charge in [0, 0.05) is 0 Å². The first-order valence-electron chi connectivity index (χ1n) is 21.3. The average molecular weight is 789 g/mol. The lowest BCUT2D eigenvalue weighted by Crippen LogP contribution is -1.90. The molecule has 292 valence electrons. The second kappa shape index (κ2) is 17.7. The Bertz CT molecular complexity index is 3280. The van der Waals surface area contributed by atoms with Crippen molar-refractivity contribution in [1.29, 1.82) is 0 Å². The topological polar surface area (TPSA) is 0 Å². The minimum Gasteiger partial charge on any atom is -0.0622 e. The fraction of sp³-hybridized carbons (Fsp3) is 0. The van der Waals surface area contributed by atoms with E-state index in [0.717, 1.165) is 22.3 Å². The molecule has 0 aliphatic rings. The van der Waals surface area contributed by atoms with Crippen LogP contribution < -0.4 is 0 Å². The molecular formula is C62H44. The molecule has 0 heterocycles. The van der Waals surface area contributed by atoms with E-state index in [-0.39, 0.29) is 0 Å². The van der Waals surface area contributed by atoms with Gasteiger partial charge in [-0.3, -0.25) is 0 Å². The maximum Gasteiger partial charge on any atom is -0.00992 e. The lowest BCUT2D eigenvalue weighted by Gasteiger charge is -2.12. The summed E-state index contributed by atoms with van der Waals surface area (Å²) in [5, 5.41) is 7.45. The third-order valence-electron chi connectivity index (χ3n) is 11.7. The van der Waals surface area contributed by atoms with Gasteiger partial charge in [0.15, 0.2) is 0 Å². The Morgan fingerprint density at radius 3 is 1.15 bits per heavy atom. The molecule has 0 amide bonds. The molecule has 0 atom stereocenters. The zero-order valence-corrected chi connectivity index (χ0v) is 34.4. The van der Waals surface area contributed by atoms with Gasteiger partial charge < -0.3 is 0 Å². The molecule has 0 aliphatic carbocycles. The first kappa shape index (κ1) is 38.2. The Kier molecular flexibility index (Phi) is 10.9. The molecular weight excluding hydrogens is 745 g/mol. The van der Waals surface area contributed by atoms with Crippen molar-refractivity contribution in [3.05, 3.63) is 286 Å². The number of hydrogen-bond donors (Lipinski definition) is 0. The maximum absolute atomic E-state index is 2.31. The third kappa shape index (κ3) is 8.23. The Labute approximate surface area is 364 Å². The van der Waals surface area contributed by atoms with Crippen molar-refractivity contribution in [1.82, 2.24) is 0 Å². The lowest BCUT2D eigenvalue weighted by atomic mass is 9.91. The van der Waals surface area contributed by atoms with Crippen LogP contribution in [0, 0.1) is 0 Å². The van der Waals surface area contributed by atoms with Crippen molar-refractivity contribution in [3.8, 4) is 0 Å². The number of fused-ring (bicyclic) bond motifs is 3. The van der Waals surface area contributed by atoms with E-state index >= 15 is 0 Å². The molecule has 0 N–H and O–H groups in total. The summed E-state index contributed by atoms with van der Waals surface area (Å²) < 4.78 is 0. The van der Waals surface area contributed by atoms with Gasteiger partial charge in [0.1, 0.15) is 0 Å². The summed E-state index contributed by atoms with van der Waals surface area (Å²) in [6.45, 7) is 0. The molecule has 0 saturated heterocycles. The predicted octanol–water partition coefficient (Wildman–Crippen LogP) is 16.7. The summed E-state index contributed by atoms with van der Waals surface area (Å²) in [5.41, 5.74) is 14.3. The van der Waals surface area contributed by atoms with E-state index in [4.69, 9.17) is 0 Å². The van der Waals surface area contributed by atoms with E-state index in [2.05, 4.69) is 267 Å². The highest BCUT2D eigenvalue weighted by Crippen LogP contribution is 2.34. The summed E-state index contributed by atoms with van der Waals surface area (Å²) in [6, 6.07) is 82.7. The molecule has 0 aromatic heterocycles. The first-order chi connectivity index (χ1) is 30.7. The monoisotopic (exact) mass is 788 g/mol. The van der Waals surface area contributed by atoms with Crippen LogP contribution in [0.25, 0.3) is 79.9 Å². The van der Waals surface area contributed by atoms with Crippen molar-refractivity contribution < 1.29 is 0 Å². The second-order valence-electron chi connectivity index (χ2n) is 15.7. The molecule has 62 heavy (non-hydrogen) atoms. The third-order valence-corrected chi connectivity index (χ3v) is 11.7. The van der Waals surface area contributed by atoms with Crippen LogP contribution in [0.4, 0.5) is 0 Å². The first-order valence-corrected chi connectivity index (χ1v) is 21.3. The zero-order valence-electron chi connectivity index (χ0n) is 34.4. The van der Waals surface area contributed by atoms with Gasteiger partial charge in [-0.2, -0.15) is 0 Å². The molecule has 0 fully saturated rings. The van der Waals surface area contributed by atoms with Gasteiger partial charge in [0.25, 0.3) is 0 Å². The molecule has 0 saturated carbocycles. The van der Waals surface area contributed by atoms with Crippen LogP contribution in [0.2, 0.25) is 0 Å². The second-order valence-corrected chi connectivity index (χ2v) is 15.7. The van der Waals surface area contributed by atoms with Gasteiger partial charge in [0.2, 0.25) is 0 Å². The van der Waals surface area contributed by atoms with Crippen LogP contribution in [0.5, 0.6) is 0 Å². The van der Waals surface area contributed by atoms with Crippen LogP contribution >= 0.6 is 0 Å². The van der Waals surface area contributed by atoms with E-state index in [1.54, 1.807) is 0 Å². The molecule has 0 bridgehead atoms. The molecule has 0 radical (unpaired) electrons. The fourth-order valence-corrected chi connectivity index (χ4v) is 8.54. The van der Waals surface area contributed by atoms with Crippen LogP contribution in [0.1, 0.15) is 55.6 Å². The van der Waals surface area contributed by atoms with Gasteiger partial charge in [0.05, 0.1) is 0 Å². The SMILES string of the molecule is C(=C/c1ccc2ccccc2c1/C=C\c1ccc(/C=C(/c2ccccc2)c2cccc3ccccc23)cc1)/c1ccc(/C=C(/c2ccccc2)c2cccc3ccccc23)cc1. The van der Waals surface area contributed by atoms with Crippen molar-refractivity contribution in [2.24, 2.45) is 0 Å². The Hall–Kier alpha value is -8.06. The lowest BCUT2D eigenvalue weighted by molar-refractivity contribution is 1.57. The summed E-state index contributed by atoms with van der Waals surface area (Å²) in [5.74, 6) is 0. The molecule has 10 aromatic carbocycles. The quantitative estimate of drug-likeness (QED) is 0.121. The van der Waals surface area contributed by atoms with Gasteiger partial charge in [-0.1, -0.05) is 255 Å². The highest BCUT2D eigenvalue weighted by Gasteiger charge is 2.11. The van der Waals surface area contributed by atoms with Gasteiger partial charge in [-0.15, -0.1) is 0 Å². The minimum atomic E-state index is 1.15. The summed E-state index contributed by atoms with van der Waals surface area (Å²) >= 11 is 0. The van der Waals surface area contributed by atoms with Gasteiger partial charge in [-0.05, 0) is 111 Å². The average Bonchev–Trinajstić information content (AvgIpc) is 3.34. The molecule has 0 nitrogen and oxygen atoms in total. The predicted molar refractivity (Wildman–Crippen MR) is 269 cm³/mol. The van der Waals surface area contributed by atoms with E-state index in [0.29, 0.717) is 0 Å². The highest BCUT2D eigenvalue weighted by molar-refractivity contribution is 6.04. The standard InChI is InChI=1S/C62H44/c1-3-15-51(16-4-1)61(59-27-13-22-49-19-7-11-25-56(49)59)43-47-33-29-45(30-34-47)37-39-54-41-40-53-21-9-10-24-55(53)58(54)42-38-46-31-35-48(36-32-46)44-62(52-17-5-2-6-18-52)60-28-14-23-50-20-8-12-26-57(50)60/h1-44H/b39-37-,42-38-,61-43-,62-44-. The maximum atomic E-state index is 2.31. The number of benzene rings is 10. The largest absolute Gasteiger partial charge is 0.0622 e. The van der Waals surface area contributed by atoms with E-state index in [9.17, 15) is 0 Å². The molecule has 0 aliphatic heterocycles. The smallest absolute Gasteiger partial charge is 0.00992 e. The molecule has 10 aromatic rings. The zero-order chi connectivity index (χ0) is 41.5.